The fourth-order valence-corrected chi connectivity index (χ4v) is 9.15. The first-order chi connectivity index (χ1) is 24.8. The second-order valence-corrected chi connectivity index (χ2v) is 13.7. The van der Waals surface area contributed by atoms with Gasteiger partial charge >= 0.3 is 0 Å². The van der Waals surface area contributed by atoms with E-state index in [1.165, 1.54) is 103 Å². The summed E-state index contributed by atoms with van der Waals surface area (Å²) in [6.07, 6.45) is 8.00. The van der Waals surface area contributed by atoms with Crippen molar-refractivity contribution in [2.75, 3.05) is 0 Å². The Balaban J connectivity index is 1.28. The number of hydrogen-bond donors (Lipinski definition) is 0. The SMILES string of the molecule is c1ccc2c(-c3cc4c5ccccc5c5cc6c(cc7c8ccccc8c8c(-c9cncc%10ccccc9%10)ccc6c78)c(c3)c45)cncc2c1. The first-order valence-corrected chi connectivity index (χ1v) is 17.2. The molecular formula is C48H26N2. The van der Waals surface area contributed by atoms with Gasteiger partial charge in [-0.05, 0) is 122 Å². The van der Waals surface area contributed by atoms with Gasteiger partial charge in [0, 0.05) is 46.7 Å². The van der Waals surface area contributed by atoms with E-state index in [1.54, 1.807) is 0 Å². The predicted octanol–water partition coefficient (Wildman–Crippen LogP) is 13.1. The summed E-state index contributed by atoms with van der Waals surface area (Å²) in [5, 5.41) is 23.0. The molecule has 0 bridgehead atoms. The predicted molar refractivity (Wildman–Crippen MR) is 213 cm³/mol. The van der Waals surface area contributed by atoms with Crippen LogP contribution in [0.3, 0.4) is 0 Å². The van der Waals surface area contributed by atoms with Gasteiger partial charge in [-0.3, -0.25) is 9.97 Å². The lowest BCUT2D eigenvalue weighted by atomic mass is 9.89. The molecule has 2 heteroatoms. The lowest BCUT2D eigenvalue weighted by Gasteiger charge is -2.14. The van der Waals surface area contributed by atoms with Crippen molar-refractivity contribution in [2.24, 2.45) is 0 Å². The number of fused-ring (bicyclic) bond motifs is 11. The second kappa shape index (κ2) is 9.49. The monoisotopic (exact) mass is 630 g/mol. The number of benzene rings is 8. The molecular weight excluding hydrogens is 605 g/mol. The Morgan fingerprint density at radius 1 is 0.260 bits per heavy atom. The summed E-state index contributed by atoms with van der Waals surface area (Å²) in [7, 11) is 0. The van der Waals surface area contributed by atoms with E-state index in [9.17, 15) is 0 Å². The Morgan fingerprint density at radius 2 is 0.720 bits per heavy atom. The molecule has 0 amide bonds. The van der Waals surface area contributed by atoms with Crippen molar-refractivity contribution in [1.82, 2.24) is 9.97 Å². The third-order valence-electron chi connectivity index (χ3n) is 11.3. The van der Waals surface area contributed by atoms with Crippen molar-refractivity contribution in [3.05, 3.63) is 158 Å². The molecule has 0 radical (unpaired) electrons. The Labute approximate surface area is 286 Å². The van der Waals surface area contributed by atoms with Crippen LogP contribution in [0, 0.1) is 0 Å². The molecule has 50 heavy (non-hydrogen) atoms. The van der Waals surface area contributed by atoms with Crippen LogP contribution in [0.5, 0.6) is 0 Å². The molecule has 0 N–H and O–H groups in total. The highest BCUT2D eigenvalue weighted by atomic mass is 14.6. The molecule has 0 atom stereocenters. The second-order valence-electron chi connectivity index (χ2n) is 13.7. The molecule has 0 saturated heterocycles. The average Bonchev–Trinajstić information content (AvgIpc) is 3.68. The van der Waals surface area contributed by atoms with Crippen molar-refractivity contribution in [3.63, 3.8) is 0 Å². The van der Waals surface area contributed by atoms with E-state index in [0.29, 0.717) is 0 Å². The van der Waals surface area contributed by atoms with E-state index >= 15 is 0 Å². The third kappa shape index (κ3) is 3.32. The average molecular weight is 631 g/mol. The Kier molecular flexibility index (Phi) is 5.00. The van der Waals surface area contributed by atoms with Crippen LogP contribution < -0.4 is 0 Å². The molecule has 0 unspecified atom stereocenters. The normalized spacial score (nSPS) is 12.4. The van der Waals surface area contributed by atoms with Crippen molar-refractivity contribution in [1.29, 1.82) is 0 Å². The third-order valence-corrected chi connectivity index (χ3v) is 11.3. The van der Waals surface area contributed by atoms with Gasteiger partial charge < -0.3 is 0 Å². The molecule has 2 heterocycles. The molecule has 12 rings (SSSR count). The fraction of sp³-hybridized carbons (Fsp3) is 0. The number of hydrogen-bond acceptors (Lipinski definition) is 2. The van der Waals surface area contributed by atoms with Crippen LogP contribution in [0.25, 0.3) is 119 Å². The molecule has 0 aliphatic carbocycles. The molecule has 228 valence electrons. The first-order valence-electron chi connectivity index (χ1n) is 17.2. The van der Waals surface area contributed by atoms with Crippen molar-refractivity contribution in [2.45, 2.75) is 0 Å². The van der Waals surface area contributed by atoms with Crippen molar-refractivity contribution in [3.8, 4) is 22.3 Å². The zero-order valence-corrected chi connectivity index (χ0v) is 26.9. The van der Waals surface area contributed by atoms with Crippen molar-refractivity contribution >= 4 is 97.0 Å². The number of pyridine rings is 2. The van der Waals surface area contributed by atoms with Gasteiger partial charge in [-0.2, -0.15) is 0 Å². The minimum Gasteiger partial charge on any atom is -0.263 e. The highest BCUT2D eigenvalue weighted by Crippen LogP contribution is 2.50. The maximum atomic E-state index is 4.70. The van der Waals surface area contributed by atoms with Crippen LogP contribution in [0.1, 0.15) is 0 Å². The fourth-order valence-electron chi connectivity index (χ4n) is 9.15. The largest absolute Gasteiger partial charge is 0.263 e. The summed E-state index contributed by atoms with van der Waals surface area (Å²) in [6, 6.07) is 49.5. The summed E-state index contributed by atoms with van der Waals surface area (Å²) < 4.78 is 0. The van der Waals surface area contributed by atoms with Crippen LogP contribution in [0.2, 0.25) is 0 Å². The van der Waals surface area contributed by atoms with E-state index in [1.807, 2.05) is 24.8 Å². The topological polar surface area (TPSA) is 25.8 Å². The summed E-state index contributed by atoms with van der Waals surface area (Å²) in [5.41, 5.74) is 4.77. The standard InChI is InChI=1S/C48H26N2/c1-3-11-30-27(9-1)23-49-25-44(30)29-19-40-32-13-5-6-14-33(32)42-21-38-36-17-18-37(45-26-50-24-28-10-2-4-12-31(28)45)47-35-16-8-7-15-34(35)43(48(36)47)22-39(38)41(20-29)46(40)42/h1-26H. The Bertz CT molecular complexity index is 3360. The number of nitrogens with zero attached hydrogens (tertiary/aromatic N) is 2. The summed E-state index contributed by atoms with van der Waals surface area (Å²) in [4.78, 5) is 9.39. The maximum Gasteiger partial charge on any atom is 0.0353 e. The number of rotatable bonds is 2. The molecule has 0 aliphatic rings. The molecule has 12 aromatic rings. The Hall–Kier alpha value is -6.64. The van der Waals surface area contributed by atoms with E-state index in [-0.39, 0.29) is 0 Å². The lowest BCUT2D eigenvalue weighted by molar-refractivity contribution is 1.36. The van der Waals surface area contributed by atoms with Gasteiger partial charge in [-0.15, -0.1) is 0 Å². The molecule has 0 fully saturated rings. The van der Waals surface area contributed by atoms with Gasteiger partial charge in [0.15, 0.2) is 0 Å². The quantitative estimate of drug-likeness (QED) is 0.178. The van der Waals surface area contributed by atoms with E-state index in [0.717, 1.165) is 16.3 Å². The van der Waals surface area contributed by atoms with Gasteiger partial charge in [-0.25, -0.2) is 0 Å². The molecule has 2 nitrogen and oxygen atoms in total. The molecule has 0 aliphatic heterocycles. The highest BCUT2D eigenvalue weighted by molar-refractivity contribution is 6.42. The van der Waals surface area contributed by atoms with Crippen LogP contribution in [-0.2, 0) is 0 Å². The number of aromatic nitrogens is 2. The molecule has 2 aromatic heterocycles. The lowest BCUT2D eigenvalue weighted by Crippen LogP contribution is -1.88. The van der Waals surface area contributed by atoms with Crippen LogP contribution >= 0.6 is 0 Å². The summed E-state index contributed by atoms with van der Waals surface area (Å²) in [5.74, 6) is 0. The van der Waals surface area contributed by atoms with Gasteiger partial charge in [-0.1, -0.05) is 109 Å². The van der Waals surface area contributed by atoms with Gasteiger partial charge in [0.25, 0.3) is 0 Å². The van der Waals surface area contributed by atoms with Crippen LogP contribution in [0.4, 0.5) is 0 Å². The van der Waals surface area contributed by atoms with E-state index < -0.39 is 0 Å². The van der Waals surface area contributed by atoms with E-state index in [2.05, 4.69) is 133 Å². The first kappa shape index (κ1) is 26.3. The Morgan fingerprint density at radius 3 is 1.40 bits per heavy atom. The van der Waals surface area contributed by atoms with Gasteiger partial charge in [0.1, 0.15) is 0 Å². The van der Waals surface area contributed by atoms with Crippen molar-refractivity contribution < 1.29 is 0 Å². The van der Waals surface area contributed by atoms with Crippen LogP contribution in [-0.4, -0.2) is 9.97 Å². The van der Waals surface area contributed by atoms with Gasteiger partial charge in [0.05, 0.1) is 0 Å². The van der Waals surface area contributed by atoms with E-state index in [4.69, 9.17) is 9.97 Å². The summed E-state index contributed by atoms with van der Waals surface area (Å²) >= 11 is 0. The van der Waals surface area contributed by atoms with Crippen LogP contribution in [0.15, 0.2) is 158 Å². The highest BCUT2D eigenvalue weighted by Gasteiger charge is 2.22. The summed E-state index contributed by atoms with van der Waals surface area (Å²) in [6.45, 7) is 0. The minimum atomic E-state index is 1.15. The molecule has 0 spiro atoms. The zero-order valence-electron chi connectivity index (χ0n) is 26.9. The molecule has 0 saturated carbocycles. The smallest absolute Gasteiger partial charge is 0.0353 e. The minimum absolute atomic E-state index is 1.15. The van der Waals surface area contributed by atoms with Gasteiger partial charge in [0.2, 0.25) is 0 Å². The molecule has 10 aromatic carbocycles. The zero-order chi connectivity index (χ0) is 32.5. The maximum absolute atomic E-state index is 4.70.